The Balaban J connectivity index is 3.10. The SMILES string of the molecule is CCCOC(=O)C(F)(F)C(OC(=O)c1cc(C)cc(I)c1C)C(C)C. The van der Waals surface area contributed by atoms with Crippen molar-refractivity contribution in [2.24, 2.45) is 5.92 Å². The number of ether oxygens (including phenoxy) is 2. The number of benzene rings is 1. The van der Waals surface area contributed by atoms with Crippen LogP contribution in [0.5, 0.6) is 0 Å². The maximum absolute atomic E-state index is 14.4. The Hall–Kier alpha value is -1.25. The number of esters is 2. The number of hydrogen-bond acceptors (Lipinski definition) is 4. The highest BCUT2D eigenvalue weighted by Crippen LogP contribution is 2.30. The van der Waals surface area contributed by atoms with E-state index in [0.29, 0.717) is 12.0 Å². The molecule has 0 radical (unpaired) electrons. The number of aryl methyl sites for hydroxylation is 1. The van der Waals surface area contributed by atoms with Gasteiger partial charge in [-0.05, 0) is 72.0 Å². The lowest BCUT2D eigenvalue weighted by atomic mass is 10.00. The second-order valence-corrected chi connectivity index (χ2v) is 7.41. The molecule has 1 rings (SSSR count). The highest BCUT2D eigenvalue weighted by Gasteiger charge is 2.53. The third-order valence-corrected chi connectivity index (χ3v) is 4.74. The lowest BCUT2D eigenvalue weighted by Gasteiger charge is -2.28. The topological polar surface area (TPSA) is 52.6 Å². The van der Waals surface area contributed by atoms with E-state index in [0.717, 1.165) is 9.13 Å². The molecule has 0 aliphatic rings. The van der Waals surface area contributed by atoms with Crippen molar-refractivity contribution in [2.75, 3.05) is 6.61 Å². The normalized spacial score (nSPS) is 12.8. The second-order valence-electron chi connectivity index (χ2n) is 6.25. The first-order valence-electron chi connectivity index (χ1n) is 8.05. The van der Waals surface area contributed by atoms with E-state index in [-0.39, 0.29) is 12.2 Å². The van der Waals surface area contributed by atoms with Crippen LogP contribution in [0, 0.1) is 23.3 Å². The quantitative estimate of drug-likeness (QED) is 0.431. The highest BCUT2D eigenvalue weighted by molar-refractivity contribution is 14.1. The van der Waals surface area contributed by atoms with Gasteiger partial charge in [0.2, 0.25) is 0 Å². The molecule has 0 amide bonds. The van der Waals surface area contributed by atoms with Crippen LogP contribution in [0.4, 0.5) is 8.78 Å². The van der Waals surface area contributed by atoms with E-state index in [2.05, 4.69) is 27.3 Å². The molecule has 25 heavy (non-hydrogen) atoms. The minimum absolute atomic E-state index is 0.109. The zero-order chi connectivity index (χ0) is 19.4. The molecule has 0 bridgehead atoms. The summed E-state index contributed by atoms with van der Waals surface area (Å²) in [5.41, 5.74) is 1.68. The predicted octanol–water partition coefficient (Wildman–Crippen LogP) is 4.68. The predicted molar refractivity (Wildman–Crippen MR) is 98.9 cm³/mol. The number of rotatable bonds is 7. The van der Waals surface area contributed by atoms with E-state index >= 15 is 0 Å². The van der Waals surface area contributed by atoms with Crippen molar-refractivity contribution in [3.05, 3.63) is 32.4 Å². The molecule has 7 heteroatoms. The van der Waals surface area contributed by atoms with E-state index in [9.17, 15) is 18.4 Å². The van der Waals surface area contributed by atoms with Gasteiger partial charge in [-0.2, -0.15) is 8.78 Å². The van der Waals surface area contributed by atoms with Gasteiger partial charge in [0, 0.05) is 3.57 Å². The lowest BCUT2D eigenvalue weighted by Crippen LogP contribution is -2.48. The van der Waals surface area contributed by atoms with Gasteiger partial charge in [0.25, 0.3) is 0 Å². The fourth-order valence-electron chi connectivity index (χ4n) is 2.24. The molecular formula is C18H23F2IO4. The van der Waals surface area contributed by atoms with E-state index in [1.165, 1.54) is 13.8 Å². The standard InChI is InChI=1S/C18H23F2IO4/c1-6-7-24-17(23)18(19,20)15(10(2)3)25-16(22)13-8-11(4)9-14(21)12(13)5/h8-10,15H,6-7H2,1-5H3. The van der Waals surface area contributed by atoms with Crippen molar-refractivity contribution in [1.82, 2.24) is 0 Å². The van der Waals surface area contributed by atoms with E-state index < -0.39 is 29.9 Å². The average Bonchev–Trinajstić information content (AvgIpc) is 2.52. The van der Waals surface area contributed by atoms with Crippen LogP contribution in [0.2, 0.25) is 0 Å². The Morgan fingerprint density at radius 2 is 1.84 bits per heavy atom. The van der Waals surface area contributed by atoms with Crippen molar-refractivity contribution >= 4 is 34.5 Å². The first-order valence-corrected chi connectivity index (χ1v) is 9.13. The molecule has 0 saturated heterocycles. The third-order valence-electron chi connectivity index (χ3n) is 3.61. The van der Waals surface area contributed by atoms with Crippen molar-refractivity contribution in [3.8, 4) is 0 Å². The minimum atomic E-state index is -3.91. The fourth-order valence-corrected chi connectivity index (χ4v) is 3.02. The third kappa shape index (κ3) is 5.36. The number of alkyl halides is 2. The van der Waals surface area contributed by atoms with Crippen molar-refractivity contribution in [1.29, 1.82) is 0 Å². The summed E-state index contributed by atoms with van der Waals surface area (Å²) in [6, 6.07) is 3.47. The molecule has 0 aliphatic heterocycles. The molecule has 0 aliphatic carbocycles. The molecule has 0 aromatic heterocycles. The highest BCUT2D eigenvalue weighted by atomic mass is 127. The molecule has 0 fully saturated rings. The Kier molecular flexibility index (Phi) is 7.77. The molecule has 1 unspecified atom stereocenters. The van der Waals surface area contributed by atoms with Gasteiger partial charge in [-0.15, -0.1) is 0 Å². The van der Waals surface area contributed by atoms with Crippen LogP contribution < -0.4 is 0 Å². The van der Waals surface area contributed by atoms with Gasteiger partial charge in [0.05, 0.1) is 12.2 Å². The Morgan fingerprint density at radius 1 is 1.24 bits per heavy atom. The van der Waals surface area contributed by atoms with Crippen LogP contribution in [0.15, 0.2) is 12.1 Å². The molecule has 0 heterocycles. The Bertz CT molecular complexity index is 644. The number of carbonyl (C=O) groups is 2. The molecule has 0 saturated carbocycles. The first-order chi connectivity index (χ1) is 11.5. The largest absolute Gasteiger partial charge is 0.461 e. The average molecular weight is 468 g/mol. The van der Waals surface area contributed by atoms with Crippen LogP contribution in [-0.4, -0.2) is 30.6 Å². The number of carbonyl (C=O) groups excluding carboxylic acids is 2. The molecule has 0 spiro atoms. The van der Waals surface area contributed by atoms with Gasteiger partial charge in [0.1, 0.15) is 0 Å². The van der Waals surface area contributed by atoms with Gasteiger partial charge < -0.3 is 9.47 Å². The summed E-state index contributed by atoms with van der Waals surface area (Å²) < 4.78 is 39.3. The van der Waals surface area contributed by atoms with E-state index in [1.807, 2.05) is 6.07 Å². The van der Waals surface area contributed by atoms with Crippen molar-refractivity contribution in [2.45, 2.75) is 53.1 Å². The molecule has 140 valence electrons. The van der Waals surface area contributed by atoms with E-state index in [1.54, 1.807) is 26.8 Å². The fraction of sp³-hybridized carbons (Fsp3) is 0.556. The van der Waals surface area contributed by atoms with Crippen LogP contribution in [0.25, 0.3) is 0 Å². The van der Waals surface area contributed by atoms with Crippen molar-refractivity contribution in [3.63, 3.8) is 0 Å². The van der Waals surface area contributed by atoms with Crippen molar-refractivity contribution < 1.29 is 27.8 Å². The smallest absolute Gasteiger partial charge is 0.381 e. The van der Waals surface area contributed by atoms with E-state index in [4.69, 9.17) is 4.74 Å². The Labute approximate surface area is 160 Å². The summed E-state index contributed by atoms with van der Waals surface area (Å²) in [6.07, 6.45) is -1.48. The Morgan fingerprint density at radius 3 is 2.36 bits per heavy atom. The van der Waals surface area contributed by atoms with Gasteiger partial charge in [-0.25, -0.2) is 9.59 Å². The molecule has 1 aromatic carbocycles. The summed E-state index contributed by atoms with van der Waals surface area (Å²) in [4.78, 5) is 24.2. The summed E-state index contributed by atoms with van der Waals surface area (Å²) in [5.74, 6) is -7.22. The molecule has 4 nitrogen and oxygen atoms in total. The van der Waals surface area contributed by atoms with Crippen LogP contribution in [0.1, 0.15) is 48.7 Å². The number of hydrogen-bond donors (Lipinski definition) is 0. The maximum atomic E-state index is 14.4. The maximum Gasteiger partial charge on any atom is 0.381 e. The van der Waals surface area contributed by atoms with Crippen LogP contribution >= 0.6 is 22.6 Å². The molecule has 1 atom stereocenters. The molecule has 0 N–H and O–H groups in total. The lowest BCUT2D eigenvalue weighted by molar-refractivity contribution is -0.193. The zero-order valence-corrected chi connectivity index (χ0v) is 17.1. The number of halogens is 3. The zero-order valence-electron chi connectivity index (χ0n) is 15.0. The summed E-state index contributed by atoms with van der Waals surface area (Å²) in [5, 5.41) is 0. The van der Waals surface area contributed by atoms with Crippen LogP contribution in [0.3, 0.4) is 0 Å². The second kappa shape index (κ2) is 8.91. The van der Waals surface area contributed by atoms with Gasteiger partial charge in [0.15, 0.2) is 6.10 Å². The van der Waals surface area contributed by atoms with Gasteiger partial charge in [-0.1, -0.05) is 20.8 Å². The molecular weight excluding hydrogens is 445 g/mol. The summed E-state index contributed by atoms with van der Waals surface area (Å²) in [6.45, 7) is 8.04. The first kappa shape index (κ1) is 21.8. The van der Waals surface area contributed by atoms with Crippen LogP contribution in [-0.2, 0) is 14.3 Å². The summed E-state index contributed by atoms with van der Waals surface area (Å²) in [7, 11) is 0. The minimum Gasteiger partial charge on any atom is -0.461 e. The summed E-state index contributed by atoms with van der Waals surface area (Å²) >= 11 is 2.07. The molecule has 1 aromatic rings. The van der Waals surface area contributed by atoms with Gasteiger partial charge >= 0.3 is 17.9 Å². The monoisotopic (exact) mass is 468 g/mol. The van der Waals surface area contributed by atoms with Gasteiger partial charge in [-0.3, -0.25) is 0 Å².